The van der Waals surface area contributed by atoms with E-state index in [1.165, 1.54) is 5.56 Å². The van der Waals surface area contributed by atoms with Gasteiger partial charge in [0.15, 0.2) is 5.82 Å². The molecule has 9 nitrogen and oxygen atoms in total. The molecule has 0 unspecified atom stereocenters. The second kappa shape index (κ2) is 11.2. The molecule has 5 aromatic rings. The largest absolute Gasteiger partial charge is 0.497 e. The van der Waals surface area contributed by atoms with Crippen molar-refractivity contribution in [3.8, 4) is 5.75 Å². The number of nitrogens with one attached hydrogen (secondary N) is 1. The highest BCUT2D eigenvalue weighted by Crippen LogP contribution is 2.29. The number of methoxy groups -OCH3 is 1. The summed E-state index contributed by atoms with van der Waals surface area (Å²) in [5, 5.41) is 13.8. The van der Waals surface area contributed by atoms with Gasteiger partial charge in [0.05, 0.1) is 19.2 Å². The maximum absolute atomic E-state index is 13.6. The van der Waals surface area contributed by atoms with E-state index in [2.05, 4.69) is 66.7 Å². The zero-order valence-corrected chi connectivity index (χ0v) is 21.9. The highest BCUT2D eigenvalue weighted by molar-refractivity contribution is 5.80. The molecule has 1 atom stereocenters. The van der Waals surface area contributed by atoms with E-state index in [-0.39, 0.29) is 5.56 Å². The molecule has 0 aliphatic carbocycles. The van der Waals surface area contributed by atoms with Gasteiger partial charge in [-0.3, -0.25) is 14.6 Å². The Kier molecular flexibility index (Phi) is 7.16. The number of hydrogen-bond donors (Lipinski definition) is 1. The van der Waals surface area contributed by atoms with Crippen LogP contribution in [0, 0.1) is 0 Å². The Morgan fingerprint density at radius 2 is 1.56 bits per heavy atom. The van der Waals surface area contributed by atoms with Crippen LogP contribution in [0.3, 0.4) is 0 Å². The van der Waals surface area contributed by atoms with E-state index < -0.39 is 6.04 Å². The number of fused-ring (bicyclic) bond motifs is 1. The molecule has 198 valence electrons. The van der Waals surface area contributed by atoms with Crippen molar-refractivity contribution in [2.45, 2.75) is 19.1 Å². The predicted molar refractivity (Wildman–Crippen MR) is 150 cm³/mol. The fourth-order valence-electron chi connectivity index (χ4n) is 5.32. The monoisotopic (exact) mass is 521 g/mol. The molecule has 39 heavy (non-hydrogen) atoms. The molecule has 3 aromatic carbocycles. The average Bonchev–Trinajstić information content (AvgIpc) is 3.42. The number of piperazine rings is 1. The molecule has 1 saturated heterocycles. The standard InChI is InChI=1S/C30H31N7O2/c1-39-25-13-12-24-18-26(30(38)31-27(24)19-25)28(29-32-33-34-37(29)21-23-10-6-3-7-11-23)36-16-14-35(15-17-36)20-22-8-4-2-5-9-22/h2-13,18-19,28H,14-17,20-21H2,1H3,(H,31,38)/t28-/m1/s1. The van der Waals surface area contributed by atoms with Gasteiger partial charge in [-0.05, 0) is 45.1 Å². The second-order valence-corrected chi connectivity index (χ2v) is 9.89. The third kappa shape index (κ3) is 5.45. The molecule has 9 heteroatoms. The molecule has 0 spiro atoms. The zero-order chi connectivity index (χ0) is 26.6. The van der Waals surface area contributed by atoms with Crippen LogP contribution in [0.25, 0.3) is 10.9 Å². The maximum Gasteiger partial charge on any atom is 0.253 e. The van der Waals surface area contributed by atoms with E-state index >= 15 is 0 Å². The van der Waals surface area contributed by atoms with E-state index in [0.717, 1.165) is 49.2 Å². The van der Waals surface area contributed by atoms with Gasteiger partial charge in [-0.1, -0.05) is 60.7 Å². The van der Waals surface area contributed by atoms with Crippen molar-refractivity contribution in [3.63, 3.8) is 0 Å². The van der Waals surface area contributed by atoms with Crippen LogP contribution in [0.2, 0.25) is 0 Å². The third-order valence-corrected chi connectivity index (χ3v) is 7.38. The molecular weight excluding hydrogens is 490 g/mol. The smallest absolute Gasteiger partial charge is 0.253 e. The molecule has 0 bridgehead atoms. The van der Waals surface area contributed by atoms with Crippen molar-refractivity contribution in [3.05, 3.63) is 118 Å². The lowest BCUT2D eigenvalue weighted by Gasteiger charge is -2.38. The Bertz CT molecular complexity index is 1590. The number of tetrazole rings is 1. The van der Waals surface area contributed by atoms with Crippen molar-refractivity contribution < 1.29 is 4.74 Å². The Labute approximate surface area is 226 Å². The zero-order valence-electron chi connectivity index (χ0n) is 21.9. The van der Waals surface area contributed by atoms with Gasteiger partial charge in [-0.2, -0.15) is 0 Å². The number of ether oxygens (including phenoxy) is 1. The number of pyridine rings is 1. The van der Waals surface area contributed by atoms with Crippen molar-refractivity contribution in [1.82, 2.24) is 35.0 Å². The lowest BCUT2D eigenvalue weighted by Crippen LogP contribution is -2.48. The maximum atomic E-state index is 13.6. The van der Waals surface area contributed by atoms with Crippen LogP contribution in [0.4, 0.5) is 0 Å². The van der Waals surface area contributed by atoms with Crippen LogP contribution < -0.4 is 10.3 Å². The minimum Gasteiger partial charge on any atom is -0.497 e. The third-order valence-electron chi connectivity index (χ3n) is 7.38. The van der Waals surface area contributed by atoms with Gasteiger partial charge in [-0.15, -0.1) is 5.10 Å². The highest BCUT2D eigenvalue weighted by atomic mass is 16.5. The minimum absolute atomic E-state index is 0.151. The SMILES string of the molecule is COc1ccc2cc([C@H](c3nnnn3Cc3ccccc3)N3CCN(Cc4ccccc4)CC3)c(=O)[nH]c2c1. The van der Waals surface area contributed by atoms with Crippen LogP contribution in [-0.4, -0.2) is 68.3 Å². The quantitative estimate of drug-likeness (QED) is 0.334. The summed E-state index contributed by atoms with van der Waals surface area (Å²) in [5.74, 6) is 1.36. The predicted octanol–water partition coefficient (Wildman–Crippen LogP) is 3.48. The molecule has 6 rings (SSSR count). The molecule has 3 heterocycles. The van der Waals surface area contributed by atoms with Crippen LogP contribution in [0.5, 0.6) is 5.75 Å². The minimum atomic E-state index is -0.391. The molecule has 0 saturated carbocycles. The lowest BCUT2D eigenvalue weighted by atomic mass is 10.0. The van der Waals surface area contributed by atoms with Crippen LogP contribution in [-0.2, 0) is 13.1 Å². The number of H-pyrrole nitrogens is 1. The summed E-state index contributed by atoms with van der Waals surface area (Å²) in [7, 11) is 1.62. The first-order chi connectivity index (χ1) is 19.2. The first-order valence-electron chi connectivity index (χ1n) is 13.2. The normalized spacial score (nSPS) is 15.4. The van der Waals surface area contributed by atoms with E-state index in [9.17, 15) is 4.79 Å². The number of nitrogens with zero attached hydrogens (tertiary/aromatic N) is 6. The van der Waals surface area contributed by atoms with Gasteiger partial charge in [0.25, 0.3) is 5.56 Å². The molecule has 0 amide bonds. The first kappa shape index (κ1) is 25.0. The van der Waals surface area contributed by atoms with Crippen LogP contribution in [0.1, 0.15) is 28.6 Å². The van der Waals surface area contributed by atoms with Gasteiger partial charge < -0.3 is 9.72 Å². The van der Waals surface area contributed by atoms with E-state index in [4.69, 9.17) is 4.74 Å². The molecule has 2 aromatic heterocycles. The summed E-state index contributed by atoms with van der Waals surface area (Å²) in [4.78, 5) is 21.4. The van der Waals surface area contributed by atoms with Crippen molar-refractivity contribution >= 4 is 10.9 Å². The van der Waals surface area contributed by atoms with Crippen molar-refractivity contribution in [2.24, 2.45) is 0 Å². The van der Waals surface area contributed by atoms with E-state index in [1.807, 2.05) is 53.2 Å². The lowest BCUT2D eigenvalue weighted by molar-refractivity contribution is 0.0998. The Hall–Kier alpha value is -4.34. The highest BCUT2D eigenvalue weighted by Gasteiger charge is 2.32. The first-order valence-corrected chi connectivity index (χ1v) is 13.2. The topological polar surface area (TPSA) is 92.2 Å². The summed E-state index contributed by atoms with van der Waals surface area (Å²) >= 11 is 0. The second-order valence-electron chi connectivity index (χ2n) is 9.89. The number of rotatable bonds is 8. The molecular formula is C30H31N7O2. The fourth-order valence-corrected chi connectivity index (χ4v) is 5.32. The summed E-state index contributed by atoms with van der Waals surface area (Å²) in [6.07, 6.45) is 0. The molecule has 1 aliphatic heterocycles. The van der Waals surface area contributed by atoms with Gasteiger partial charge in [0, 0.05) is 44.4 Å². The number of hydrogen-bond acceptors (Lipinski definition) is 7. The Balaban J connectivity index is 1.35. The molecule has 0 radical (unpaired) electrons. The van der Waals surface area contributed by atoms with Crippen LogP contribution >= 0.6 is 0 Å². The van der Waals surface area contributed by atoms with Crippen molar-refractivity contribution in [2.75, 3.05) is 33.3 Å². The number of aromatic amines is 1. The number of benzene rings is 3. The molecule has 1 fully saturated rings. The van der Waals surface area contributed by atoms with Gasteiger partial charge in [-0.25, -0.2) is 4.68 Å². The summed E-state index contributed by atoms with van der Waals surface area (Å²) in [6, 6.07) is 27.9. The molecule has 1 aliphatic rings. The summed E-state index contributed by atoms with van der Waals surface area (Å²) in [6.45, 7) is 4.77. The van der Waals surface area contributed by atoms with Crippen LogP contribution in [0.15, 0.2) is 89.7 Å². The fraction of sp³-hybridized carbons (Fsp3) is 0.267. The van der Waals surface area contributed by atoms with Gasteiger partial charge in [0.2, 0.25) is 0 Å². The Morgan fingerprint density at radius 3 is 2.26 bits per heavy atom. The number of aromatic nitrogens is 5. The van der Waals surface area contributed by atoms with Gasteiger partial charge >= 0.3 is 0 Å². The Morgan fingerprint density at radius 1 is 0.872 bits per heavy atom. The van der Waals surface area contributed by atoms with Crippen molar-refractivity contribution in [1.29, 1.82) is 0 Å². The van der Waals surface area contributed by atoms with Gasteiger partial charge in [0.1, 0.15) is 11.8 Å². The average molecular weight is 522 g/mol. The van der Waals surface area contributed by atoms with E-state index in [0.29, 0.717) is 23.7 Å². The summed E-state index contributed by atoms with van der Waals surface area (Å²) < 4.78 is 7.17. The van der Waals surface area contributed by atoms with E-state index in [1.54, 1.807) is 7.11 Å². The molecule has 1 N–H and O–H groups in total. The summed E-state index contributed by atoms with van der Waals surface area (Å²) in [5.41, 5.74) is 3.61.